The minimum Gasteiger partial charge on any atom is -0.311 e. The van der Waals surface area contributed by atoms with Crippen molar-refractivity contribution in [2.24, 2.45) is 0 Å². The third-order valence-corrected chi connectivity index (χ3v) is 28.6. The van der Waals surface area contributed by atoms with E-state index >= 15 is 0 Å². The highest BCUT2D eigenvalue weighted by Crippen LogP contribution is 2.61. The molecule has 25 rings (SSSR count). The van der Waals surface area contributed by atoms with E-state index in [1.165, 1.54) is 161 Å². The van der Waals surface area contributed by atoms with Gasteiger partial charge in [0.25, 0.3) is 0 Å². The fourth-order valence-electron chi connectivity index (χ4n) is 22.5. The first kappa shape index (κ1) is 82.6. The van der Waals surface area contributed by atoms with Crippen molar-refractivity contribution in [1.29, 1.82) is 0 Å². The monoisotopic (exact) mass is 1740 g/mol. The van der Waals surface area contributed by atoms with Crippen LogP contribution in [0.4, 0.5) is 34.1 Å². The Bertz CT molecular complexity index is 7710. The molecule has 0 aliphatic heterocycles. The topological polar surface area (TPSA) is 6.48 Å². The standard InChI is InChI=1S/C68H47N.C67H47N/c1-4-22-52(23-5-1)67(63-34-14-10-30-59(63)60-31-11-15-35-64(60)67)54-42-38-48(39-43-54)50-20-18-28-57(46-50)69(56-26-8-3-9-27-56)58-29-19-21-51(47-58)49-40-44-55(45-41-49)68(53-24-6-2-7-25-53)65-36-16-12-32-61(65)62-33-13-17-37-66(62)68;1-7-19-48(20-8-1)51-31-38-59(39-32-51)68(58-29-17-6-18-30-58)60-40-33-53(34-41-60)61-44-37-57(47-64(61)52-25-13-4-14-26-52)67(56-27-15-5-16-28-56)65-45-54(49-21-9-2-10-22-49)35-42-62(65)63-43-36-55(46-66(63)67)50-23-11-3-12-24-50/h1-47H;1-47H. The zero-order valence-corrected chi connectivity index (χ0v) is 75.7. The van der Waals surface area contributed by atoms with Crippen LogP contribution in [-0.4, -0.2) is 0 Å². The molecule has 2 heteroatoms. The Morgan fingerprint density at radius 3 is 0.686 bits per heavy atom. The first-order chi connectivity index (χ1) is 67.9. The Hall–Kier alpha value is -17.6. The van der Waals surface area contributed by atoms with Crippen molar-refractivity contribution in [1.82, 2.24) is 0 Å². The second-order valence-electron chi connectivity index (χ2n) is 36.0. The molecule has 0 radical (unpaired) electrons. The van der Waals surface area contributed by atoms with Crippen LogP contribution in [0, 0.1) is 0 Å². The van der Waals surface area contributed by atoms with E-state index in [1.807, 2.05) is 0 Å². The molecular weight excluding hydrogens is 1650 g/mol. The van der Waals surface area contributed by atoms with E-state index in [0.29, 0.717) is 0 Å². The van der Waals surface area contributed by atoms with Gasteiger partial charge >= 0.3 is 0 Å². The van der Waals surface area contributed by atoms with Gasteiger partial charge in [0.15, 0.2) is 0 Å². The summed E-state index contributed by atoms with van der Waals surface area (Å²) in [5.74, 6) is 0. The van der Waals surface area contributed by atoms with Crippen LogP contribution in [0.25, 0.3) is 111 Å². The predicted octanol–water partition coefficient (Wildman–Crippen LogP) is 35.1. The van der Waals surface area contributed by atoms with Gasteiger partial charge in [-0.05, 0) is 269 Å². The maximum atomic E-state index is 2.49. The molecule has 3 aliphatic carbocycles. The minimum absolute atomic E-state index is 0.430. The zero-order chi connectivity index (χ0) is 91.1. The van der Waals surface area contributed by atoms with Crippen molar-refractivity contribution in [2.45, 2.75) is 16.2 Å². The van der Waals surface area contributed by atoms with Crippen molar-refractivity contribution in [2.75, 3.05) is 9.80 Å². The van der Waals surface area contributed by atoms with E-state index in [4.69, 9.17) is 0 Å². The quantitative estimate of drug-likeness (QED) is 0.0796. The summed E-state index contributed by atoms with van der Waals surface area (Å²) in [6.45, 7) is 0. The van der Waals surface area contributed by atoms with Crippen molar-refractivity contribution in [3.8, 4) is 111 Å². The highest BCUT2D eigenvalue weighted by molar-refractivity contribution is 5.95. The molecule has 137 heavy (non-hydrogen) atoms. The Balaban J connectivity index is 0.000000150. The SMILES string of the molecule is c1ccc(-c2ccc(N(c3ccccc3)c3ccc(-c4ccc(C5(c6ccccc6)c6cc(-c7ccccc7)ccc6-c6ccc(-c7ccccc7)cc65)cc4-c4ccccc4)cc3)cc2)cc1.c1ccc(N(c2cccc(-c3ccc(C4(c5ccccc5)c5ccccc5-c5ccccc54)cc3)c2)c2cccc(-c3ccc(C4(c5ccccc5)c5ccccc5-c5ccccc54)cc3)c2)cc1. The Morgan fingerprint density at radius 1 is 0.102 bits per heavy atom. The van der Waals surface area contributed by atoms with Crippen LogP contribution in [0.1, 0.15) is 66.8 Å². The molecule has 644 valence electrons. The number of para-hydroxylation sites is 2. The summed E-state index contributed by atoms with van der Waals surface area (Å²) in [4.78, 5) is 4.72. The number of rotatable bonds is 19. The van der Waals surface area contributed by atoms with Crippen LogP contribution in [0.15, 0.2) is 570 Å². The molecule has 0 atom stereocenters. The second kappa shape index (κ2) is 35.5. The van der Waals surface area contributed by atoms with Gasteiger partial charge in [-0.25, -0.2) is 0 Å². The molecule has 0 saturated carbocycles. The highest BCUT2D eigenvalue weighted by atomic mass is 15.1. The first-order valence-electron chi connectivity index (χ1n) is 47.5. The van der Waals surface area contributed by atoms with Crippen LogP contribution in [0.2, 0.25) is 0 Å². The molecule has 0 amide bonds. The molecule has 0 heterocycles. The molecule has 0 saturated heterocycles. The van der Waals surface area contributed by atoms with Gasteiger partial charge in [-0.15, -0.1) is 0 Å². The molecule has 22 aromatic carbocycles. The Labute approximate surface area is 802 Å². The summed E-state index contributed by atoms with van der Waals surface area (Å²) in [5, 5.41) is 0. The van der Waals surface area contributed by atoms with E-state index in [2.05, 4.69) is 580 Å². The number of nitrogens with zero attached hydrogens (tertiary/aromatic N) is 2. The molecule has 0 bridgehead atoms. The third-order valence-electron chi connectivity index (χ3n) is 28.6. The lowest BCUT2D eigenvalue weighted by molar-refractivity contribution is 0.768. The summed E-state index contributed by atoms with van der Waals surface area (Å²) >= 11 is 0. The van der Waals surface area contributed by atoms with Crippen LogP contribution >= 0.6 is 0 Å². The molecule has 3 aliphatic rings. The average molecular weight is 1740 g/mol. The van der Waals surface area contributed by atoms with E-state index in [9.17, 15) is 0 Å². The largest absolute Gasteiger partial charge is 0.311 e. The van der Waals surface area contributed by atoms with Crippen LogP contribution in [0.5, 0.6) is 0 Å². The molecular formula is C135H94N2. The van der Waals surface area contributed by atoms with Gasteiger partial charge in [-0.1, -0.05) is 479 Å². The van der Waals surface area contributed by atoms with E-state index < -0.39 is 16.2 Å². The van der Waals surface area contributed by atoms with Crippen LogP contribution in [-0.2, 0) is 16.2 Å². The molecule has 0 fully saturated rings. The summed E-state index contributed by atoms with van der Waals surface area (Å²) in [6, 6.07) is 210. The summed E-state index contributed by atoms with van der Waals surface area (Å²) in [7, 11) is 0. The van der Waals surface area contributed by atoms with Crippen molar-refractivity contribution >= 4 is 34.1 Å². The molecule has 2 nitrogen and oxygen atoms in total. The van der Waals surface area contributed by atoms with Crippen molar-refractivity contribution in [3.63, 3.8) is 0 Å². The smallest absolute Gasteiger partial charge is 0.0714 e. The van der Waals surface area contributed by atoms with Gasteiger partial charge in [0.2, 0.25) is 0 Å². The van der Waals surface area contributed by atoms with Gasteiger partial charge < -0.3 is 9.80 Å². The lowest BCUT2D eigenvalue weighted by Crippen LogP contribution is -2.28. The number of anilines is 6. The number of hydrogen-bond acceptors (Lipinski definition) is 2. The molecule has 0 spiro atoms. The van der Waals surface area contributed by atoms with Gasteiger partial charge in [0.1, 0.15) is 0 Å². The fraction of sp³-hybridized carbons (Fsp3) is 0.0222. The van der Waals surface area contributed by atoms with E-state index in [1.54, 1.807) is 0 Å². The molecule has 0 unspecified atom stereocenters. The Kier molecular flexibility index (Phi) is 21.4. The lowest BCUT2D eigenvalue weighted by atomic mass is 9.66. The normalized spacial score (nSPS) is 12.8. The Morgan fingerprint density at radius 2 is 0.314 bits per heavy atom. The van der Waals surface area contributed by atoms with Gasteiger partial charge in [-0.3, -0.25) is 0 Å². The lowest BCUT2D eigenvalue weighted by Gasteiger charge is -2.35. The van der Waals surface area contributed by atoms with Crippen LogP contribution < -0.4 is 9.80 Å². The maximum Gasteiger partial charge on any atom is 0.0714 e. The van der Waals surface area contributed by atoms with Crippen molar-refractivity contribution in [3.05, 3.63) is 637 Å². The number of benzene rings is 22. The third kappa shape index (κ3) is 14.4. The van der Waals surface area contributed by atoms with Gasteiger partial charge in [-0.2, -0.15) is 0 Å². The molecule has 22 aromatic rings. The van der Waals surface area contributed by atoms with E-state index in [0.717, 1.165) is 50.8 Å². The maximum absolute atomic E-state index is 2.49. The van der Waals surface area contributed by atoms with Gasteiger partial charge in [0.05, 0.1) is 16.2 Å². The van der Waals surface area contributed by atoms with Crippen molar-refractivity contribution < 1.29 is 0 Å². The summed E-state index contributed by atoms with van der Waals surface area (Å²) in [6.07, 6.45) is 0. The fourth-order valence-corrected chi connectivity index (χ4v) is 22.5. The highest BCUT2D eigenvalue weighted by Gasteiger charge is 2.50. The molecule has 0 aromatic heterocycles. The molecule has 0 N–H and O–H groups in total. The minimum atomic E-state index is -0.625. The first-order valence-corrected chi connectivity index (χ1v) is 47.5. The number of hydrogen-bond donors (Lipinski definition) is 0. The summed E-state index contributed by atoms with van der Waals surface area (Å²) in [5.41, 5.74) is 44.9. The van der Waals surface area contributed by atoms with Crippen LogP contribution in [0.3, 0.4) is 0 Å². The predicted molar refractivity (Wildman–Crippen MR) is 572 cm³/mol. The second-order valence-corrected chi connectivity index (χ2v) is 36.0. The average Bonchev–Trinajstić information content (AvgIpc) is 1.54. The number of fused-ring (bicyclic) bond motifs is 9. The summed E-state index contributed by atoms with van der Waals surface area (Å²) < 4.78 is 0. The van der Waals surface area contributed by atoms with E-state index in [-0.39, 0.29) is 0 Å². The van der Waals surface area contributed by atoms with Gasteiger partial charge in [0, 0.05) is 34.1 Å². The zero-order valence-electron chi connectivity index (χ0n) is 75.7.